The van der Waals surface area contributed by atoms with Crippen molar-refractivity contribution in [3.05, 3.63) is 146 Å². The molecule has 0 bridgehead atoms. The van der Waals surface area contributed by atoms with E-state index < -0.39 is 12.3 Å². The largest absolute Gasteiger partial charge is 2.00 e. The zero-order chi connectivity index (χ0) is 42.8. The second-order valence-electron chi connectivity index (χ2n) is 15.7. The van der Waals surface area contributed by atoms with Gasteiger partial charge in [-0.3, -0.25) is 0 Å². The first-order valence-corrected chi connectivity index (χ1v) is 21.6. The van der Waals surface area contributed by atoms with E-state index in [1.54, 1.807) is 42.7 Å². The molecule has 6 nitrogen and oxygen atoms in total. The molecule has 61 heavy (non-hydrogen) atoms. The second kappa shape index (κ2) is 24.5. The van der Waals surface area contributed by atoms with Crippen LogP contribution < -0.4 is 61.2 Å². The molecule has 0 aliphatic rings. The van der Waals surface area contributed by atoms with Crippen LogP contribution in [0.2, 0.25) is 12.6 Å². The van der Waals surface area contributed by atoms with E-state index in [1.165, 1.54) is 71.3 Å². The molecule has 0 saturated carbocycles. The first kappa shape index (κ1) is 48.7. The molecule has 6 rings (SSSR count). The van der Waals surface area contributed by atoms with Gasteiger partial charge < -0.3 is 28.4 Å². The minimum absolute atomic E-state index is 0. The Morgan fingerprint density at radius 2 is 0.443 bits per heavy atom. The Labute approximate surface area is 382 Å². The van der Waals surface area contributed by atoms with E-state index in [-0.39, 0.29) is 23.1 Å². The number of benzene rings is 6. The van der Waals surface area contributed by atoms with Gasteiger partial charge in [-0.15, -0.1) is 0 Å². The molecule has 9 heteroatoms. The normalized spacial score (nSPS) is 11.0. The first-order valence-electron chi connectivity index (χ1n) is 21.6. The van der Waals surface area contributed by atoms with Gasteiger partial charge in [0.05, 0.1) is 55.0 Å². The maximum Gasteiger partial charge on any atom is 2.00 e. The van der Waals surface area contributed by atoms with Crippen LogP contribution in [0.5, 0.6) is 34.5 Å². The number of hydrogen-bond acceptors (Lipinski definition) is 6. The van der Waals surface area contributed by atoms with Gasteiger partial charge in [0.15, 0.2) is 0 Å². The fourth-order valence-electron chi connectivity index (χ4n) is 9.15. The third-order valence-electron chi connectivity index (χ3n) is 12.6. The molecule has 0 unspecified atom stereocenters. The van der Waals surface area contributed by atoms with Crippen LogP contribution in [0.4, 0.5) is 0 Å². The topological polar surface area (TPSA) is 55.4 Å². The summed E-state index contributed by atoms with van der Waals surface area (Å²) in [6, 6.07) is 51.5. The van der Waals surface area contributed by atoms with E-state index in [4.69, 9.17) is 28.4 Å². The molecule has 316 valence electrons. The second-order valence-corrected chi connectivity index (χ2v) is 15.7. The Hall–Kier alpha value is -4.98. The van der Waals surface area contributed by atoms with E-state index in [0.717, 1.165) is 47.1 Å². The number of ether oxygens (including phenoxy) is 6. The molecule has 0 fully saturated rings. The maximum atomic E-state index is 5.43. The van der Waals surface area contributed by atoms with Crippen molar-refractivity contribution in [2.75, 3.05) is 42.7 Å². The van der Waals surface area contributed by atoms with Crippen molar-refractivity contribution in [1.29, 1.82) is 0 Å². The van der Waals surface area contributed by atoms with Crippen LogP contribution in [0.1, 0.15) is 52.4 Å². The summed E-state index contributed by atoms with van der Waals surface area (Å²) in [6.07, 6.45) is 7.01. The SMILES string of the molecule is CCCCC[B-](c1ccc(OC)cc1)(c1ccc(OC)cc1)c1ccc(OC)cc1.CCCCC[B-](c1ccc(OC)cc1)(c1ccc(OC)cc1)c1ccc(OC)cc1.[Mg+2]. The standard InChI is InChI=1S/2C26H32BO3.Mg/c2*1-5-6-7-20-27(21-8-14-24(28-2)15-9-21,22-10-16-25(29-3)17-11-22)23-12-18-26(30-4)19-13-23;/h2*8-19H,5-7,20H2,1-4H3;/q2*-1;+2. The van der Waals surface area contributed by atoms with Crippen LogP contribution in [0.15, 0.2) is 146 Å². The summed E-state index contributed by atoms with van der Waals surface area (Å²) in [5, 5.41) is 0. The fourth-order valence-corrected chi connectivity index (χ4v) is 9.15. The molecule has 0 aromatic heterocycles. The van der Waals surface area contributed by atoms with Gasteiger partial charge in [-0.1, -0.05) is 125 Å². The van der Waals surface area contributed by atoms with Gasteiger partial charge >= 0.3 is 23.1 Å². The molecule has 0 spiro atoms. The number of methoxy groups -OCH3 is 6. The monoisotopic (exact) mass is 830 g/mol. The average Bonchev–Trinajstić information content (AvgIpc) is 3.32. The fraction of sp³-hybridized carbons (Fsp3) is 0.308. The van der Waals surface area contributed by atoms with Crippen molar-refractivity contribution in [3.8, 4) is 34.5 Å². The van der Waals surface area contributed by atoms with Crippen molar-refractivity contribution in [3.63, 3.8) is 0 Å². The van der Waals surface area contributed by atoms with E-state index >= 15 is 0 Å². The van der Waals surface area contributed by atoms with Crippen LogP contribution in [0.25, 0.3) is 0 Å². The van der Waals surface area contributed by atoms with E-state index in [2.05, 4.69) is 159 Å². The molecular weight excluding hydrogens is 766 g/mol. The zero-order valence-corrected chi connectivity index (χ0v) is 39.2. The zero-order valence-electron chi connectivity index (χ0n) is 37.8. The van der Waals surface area contributed by atoms with Gasteiger partial charge in [0, 0.05) is 0 Å². The van der Waals surface area contributed by atoms with Gasteiger partial charge in [-0.25, -0.2) is 0 Å². The predicted octanol–water partition coefficient (Wildman–Crippen LogP) is 8.36. The van der Waals surface area contributed by atoms with Gasteiger partial charge in [0.25, 0.3) is 0 Å². The molecule has 0 heterocycles. The average molecular weight is 831 g/mol. The maximum absolute atomic E-state index is 5.43. The molecule has 0 saturated heterocycles. The molecule has 0 aliphatic heterocycles. The Bertz CT molecular complexity index is 1740. The van der Waals surface area contributed by atoms with Crippen LogP contribution >= 0.6 is 0 Å². The summed E-state index contributed by atoms with van der Waals surface area (Å²) in [5.74, 6) is 5.26. The van der Waals surface area contributed by atoms with Gasteiger partial charge in [0.2, 0.25) is 0 Å². The van der Waals surface area contributed by atoms with Crippen molar-refractivity contribution in [2.24, 2.45) is 0 Å². The van der Waals surface area contributed by atoms with Crippen LogP contribution in [-0.2, 0) is 0 Å². The van der Waals surface area contributed by atoms with Crippen LogP contribution in [0, 0.1) is 0 Å². The van der Waals surface area contributed by atoms with Gasteiger partial charge in [-0.2, -0.15) is 45.4 Å². The van der Waals surface area contributed by atoms with Crippen molar-refractivity contribution in [1.82, 2.24) is 0 Å². The van der Waals surface area contributed by atoms with Crippen molar-refractivity contribution < 1.29 is 28.4 Å². The number of hydrogen-bond donors (Lipinski definition) is 0. The third-order valence-corrected chi connectivity index (χ3v) is 12.6. The molecular formula is C52H64B2MgO6. The summed E-state index contributed by atoms with van der Waals surface area (Å²) >= 11 is 0. The van der Waals surface area contributed by atoms with Gasteiger partial charge in [0.1, 0.15) is 34.5 Å². The summed E-state index contributed by atoms with van der Waals surface area (Å²) in [5.41, 5.74) is 7.93. The van der Waals surface area contributed by atoms with Crippen LogP contribution in [0.3, 0.4) is 0 Å². The molecule has 0 amide bonds. The summed E-state index contributed by atoms with van der Waals surface area (Å²) in [7, 11) is 10.3. The quantitative estimate of drug-likeness (QED) is 0.0570. The smallest absolute Gasteiger partial charge is 0.497 e. The molecule has 0 radical (unpaired) electrons. The number of rotatable bonds is 20. The first-order chi connectivity index (χ1) is 29.3. The Kier molecular flexibility index (Phi) is 19.5. The van der Waals surface area contributed by atoms with Crippen molar-refractivity contribution in [2.45, 2.75) is 65.0 Å². The molecule has 0 aliphatic carbocycles. The van der Waals surface area contributed by atoms with E-state index in [0.29, 0.717) is 0 Å². The van der Waals surface area contributed by atoms with Crippen LogP contribution in [-0.4, -0.2) is 78.0 Å². The Morgan fingerprint density at radius 3 is 0.574 bits per heavy atom. The van der Waals surface area contributed by atoms with Gasteiger partial charge in [-0.05, 0) is 72.8 Å². The minimum Gasteiger partial charge on any atom is -0.497 e. The summed E-state index contributed by atoms with van der Waals surface area (Å²) in [6.45, 7) is 4.51. The Morgan fingerprint density at radius 1 is 0.279 bits per heavy atom. The Balaban J connectivity index is 0.000000264. The summed E-state index contributed by atoms with van der Waals surface area (Å²) in [4.78, 5) is 0. The van der Waals surface area contributed by atoms with E-state index in [1.807, 2.05) is 0 Å². The minimum atomic E-state index is -1.15. The molecule has 6 aromatic carbocycles. The third kappa shape index (κ3) is 11.7. The molecule has 0 atom stereocenters. The predicted molar refractivity (Wildman–Crippen MR) is 262 cm³/mol. The summed E-state index contributed by atoms with van der Waals surface area (Å²) < 4.78 is 32.6. The van der Waals surface area contributed by atoms with Crippen molar-refractivity contribution >= 4 is 68.1 Å². The molecule has 6 aromatic rings. The number of unbranched alkanes of at least 4 members (excludes halogenated alkanes) is 4. The molecule has 0 N–H and O–H groups in total. The van der Waals surface area contributed by atoms with E-state index in [9.17, 15) is 0 Å².